The van der Waals surface area contributed by atoms with E-state index in [4.69, 9.17) is 44.4 Å². The van der Waals surface area contributed by atoms with Crippen LogP contribution in [0.2, 0.25) is 0 Å². The molecule has 5 rings (SSSR count). The number of alkyl carbamates (subject to hydrolysis) is 4. The fourth-order valence-electron chi connectivity index (χ4n) is 7.13. The van der Waals surface area contributed by atoms with Crippen LogP contribution in [-0.2, 0) is 25.6 Å². The zero-order valence-electron chi connectivity index (χ0n) is 40.4. The highest BCUT2D eigenvalue weighted by Crippen LogP contribution is 2.30. The average molecular weight is 920 g/mol. The minimum absolute atomic E-state index is 0.131. The lowest BCUT2D eigenvalue weighted by Gasteiger charge is -2.40. The van der Waals surface area contributed by atoms with E-state index in [9.17, 15) is 19.2 Å². The number of carbonyl (C=O) groups is 4. The van der Waals surface area contributed by atoms with Gasteiger partial charge in [-0.2, -0.15) is 15.0 Å². The molecule has 0 spiro atoms. The van der Waals surface area contributed by atoms with Gasteiger partial charge in [0.25, 0.3) is 0 Å². The number of aromatic nitrogens is 3. The summed E-state index contributed by atoms with van der Waals surface area (Å²) < 4.78 is 28.5. The Morgan fingerprint density at radius 3 is 1.32 bits per heavy atom. The standard InChI is InChI=1S/C46H69N11O9/c1-43(2,3)63-39(58)49-30-20-31(50-40(59)64-44(4,5)6)24-56(23-30)37-53-36(48-29-18-19-34(47)35(22-29)62-27-28-16-14-13-15-17-28)54-38(55-37)57-25-32(51-41(60)65-45(7,8)9)21-33(26-57)52-42(61)66-46(10,11)12/h13-19,22,30-33H,20-21,23-27,47H2,1-12H3,(H,49,58)(H,50,59)(H,51,60)(H,52,61)(H,48,53,54,55)/t30-,31+,32-,33+. The Morgan fingerprint density at radius 1 is 0.576 bits per heavy atom. The number of carbonyl (C=O) groups excluding carboxylic acids is 4. The molecule has 2 aliphatic rings. The van der Waals surface area contributed by atoms with Crippen LogP contribution in [0.5, 0.6) is 5.75 Å². The van der Waals surface area contributed by atoms with Gasteiger partial charge >= 0.3 is 24.4 Å². The quantitative estimate of drug-likeness (QED) is 0.0858. The van der Waals surface area contributed by atoms with E-state index in [-0.39, 0.29) is 50.6 Å². The Hall–Kier alpha value is -6.47. The zero-order valence-corrected chi connectivity index (χ0v) is 40.4. The normalized spacial score (nSPS) is 19.2. The molecule has 0 aliphatic carbocycles. The van der Waals surface area contributed by atoms with Crippen molar-refractivity contribution >= 4 is 53.6 Å². The summed E-state index contributed by atoms with van der Waals surface area (Å²) in [6, 6.07) is 12.8. The SMILES string of the molecule is CC(C)(C)OC(=O)N[C@@H]1C[C@H](NC(=O)OC(C)(C)C)CN(c2nc(Nc3ccc(N)c(OCc4ccccc4)c3)nc(N3C[C@H](NC(=O)OC(C)(C)C)C[C@H](NC(=O)OC(C)(C)C)C3)n2)C1. The second-order valence-electron chi connectivity index (χ2n) is 20.6. The predicted octanol–water partition coefficient (Wildman–Crippen LogP) is 6.77. The summed E-state index contributed by atoms with van der Waals surface area (Å²) in [5, 5.41) is 15.1. The second kappa shape index (κ2) is 20.8. The van der Waals surface area contributed by atoms with Gasteiger partial charge in [-0.15, -0.1) is 0 Å². The first-order valence-corrected chi connectivity index (χ1v) is 22.2. The van der Waals surface area contributed by atoms with Crippen molar-refractivity contribution < 1.29 is 42.9 Å². The molecule has 3 aromatic rings. The first kappa shape index (κ1) is 50.5. The minimum atomic E-state index is -0.758. The van der Waals surface area contributed by atoms with Crippen LogP contribution in [0.4, 0.5) is 48.4 Å². The second-order valence-corrected chi connectivity index (χ2v) is 20.6. The van der Waals surface area contributed by atoms with Gasteiger partial charge in [-0.3, -0.25) is 0 Å². The molecule has 0 radical (unpaired) electrons. The fraction of sp³-hybridized carbons (Fsp3) is 0.587. The minimum Gasteiger partial charge on any atom is -0.487 e. The lowest BCUT2D eigenvalue weighted by molar-refractivity contribution is 0.0452. The molecule has 4 amide bonds. The summed E-state index contributed by atoms with van der Waals surface area (Å²) in [6.45, 7) is 22.4. The molecule has 7 N–H and O–H groups in total. The molecule has 2 fully saturated rings. The number of nitrogen functional groups attached to an aromatic ring is 1. The number of hydrogen-bond acceptors (Lipinski definition) is 16. The Morgan fingerprint density at radius 2 is 0.955 bits per heavy atom. The smallest absolute Gasteiger partial charge is 0.407 e. The van der Waals surface area contributed by atoms with Gasteiger partial charge in [-0.25, -0.2) is 19.2 Å². The van der Waals surface area contributed by atoms with E-state index in [0.717, 1.165) is 5.56 Å². The number of hydrogen-bond donors (Lipinski definition) is 6. The number of amides is 4. The van der Waals surface area contributed by atoms with E-state index < -0.39 is 70.9 Å². The van der Waals surface area contributed by atoms with E-state index in [1.807, 2.05) is 40.1 Å². The van der Waals surface area contributed by atoms with Gasteiger partial charge in [-0.1, -0.05) is 30.3 Å². The molecule has 0 saturated carbocycles. The Bertz CT molecular complexity index is 1970. The maximum Gasteiger partial charge on any atom is 0.407 e. The molecule has 2 saturated heterocycles. The maximum absolute atomic E-state index is 13.1. The number of nitrogens with two attached hydrogens (primary N) is 1. The van der Waals surface area contributed by atoms with Crippen molar-refractivity contribution in [3.63, 3.8) is 0 Å². The van der Waals surface area contributed by atoms with Gasteiger partial charge in [0.05, 0.1) is 29.9 Å². The van der Waals surface area contributed by atoms with Crippen molar-refractivity contribution in [2.75, 3.05) is 47.0 Å². The molecule has 0 bridgehead atoms. The first-order valence-electron chi connectivity index (χ1n) is 22.2. The van der Waals surface area contributed by atoms with E-state index in [2.05, 4.69) is 26.6 Å². The largest absolute Gasteiger partial charge is 0.487 e. The van der Waals surface area contributed by atoms with Crippen molar-refractivity contribution in [2.24, 2.45) is 0 Å². The van der Waals surface area contributed by atoms with E-state index >= 15 is 0 Å². The lowest BCUT2D eigenvalue weighted by atomic mass is 10.0. The van der Waals surface area contributed by atoms with Gasteiger partial charge in [0.2, 0.25) is 17.8 Å². The van der Waals surface area contributed by atoms with Gasteiger partial charge in [0, 0.05) is 37.9 Å². The van der Waals surface area contributed by atoms with Gasteiger partial charge in [0.15, 0.2) is 0 Å². The van der Waals surface area contributed by atoms with Crippen molar-refractivity contribution in [3.05, 3.63) is 54.1 Å². The number of nitrogens with one attached hydrogen (secondary N) is 5. The summed E-state index contributed by atoms with van der Waals surface area (Å²) >= 11 is 0. The number of rotatable bonds is 11. The summed E-state index contributed by atoms with van der Waals surface area (Å²) in [4.78, 5) is 70.9. The van der Waals surface area contributed by atoms with Crippen LogP contribution in [0.25, 0.3) is 0 Å². The van der Waals surface area contributed by atoms with Gasteiger partial charge in [0.1, 0.15) is 34.8 Å². The molecule has 2 aromatic carbocycles. The average Bonchev–Trinajstić information content (AvgIpc) is 3.15. The number of anilines is 5. The highest BCUT2D eigenvalue weighted by Gasteiger charge is 2.36. The number of benzene rings is 2. The Labute approximate surface area is 387 Å². The third kappa shape index (κ3) is 17.2. The van der Waals surface area contributed by atoms with Crippen LogP contribution < -0.4 is 46.9 Å². The van der Waals surface area contributed by atoms with E-state index in [1.54, 1.807) is 101 Å². The summed E-state index contributed by atoms with van der Waals surface area (Å²) in [7, 11) is 0. The summed E-state index contributed by atoms with van der Waals surface area (Å²) in [6.07, 6.45) is -1.82. The zero-order chi connectivity index (χ0) is 48.6. The van der Waals surface area contributed by atoms with E-state index in [0.29, 0.717) is 30.0 Å². The number of nitrogens with zero attached hydrogens (tertiary/aromatic N) is 5. The Balaban J connectivity index is 1.54. The third-order valence-electron chi connectivity index (χ3n) is 9.47. The monoisotopic (exact) mass is 920 g/mol. The topological polar surface area (TPSA) is 246 Å². The van der Waals surface area contributed by atoms with Crippen LogP contribution >= 0.6 is 0 Å². The molecule has 20 nitrogen and oxygen atoms in total. The molecular formula is C46H69N11O9. The molecule has 1 aromatic heterocycles. The van der Waals surface area contributed by atoms with Crippen molar-refractivity contribution in [1.82, 2.24) is 36.2 Å². The summed E-state index contributed by atoms with van der Waals surface area (Å²) in [5.41, 5.74) is 5.26. The number of ether oxygens (including phenoxy) is 5. The number of piperidine rings is 2. The summed E-state index contributed by atoms with van der Waals surface area (Å²) in [5.74, 6) is 0.962. The first-order chi connectivity index (χ1) is 30.6. The molecule has 2 aliphatic heterocycles. The highest BCUT2D eigenvalue weighted by molar-refractivity contribution is 5.71. The van der Waals surface area contributed by atoms with Crippen LogP contribution in [0, 0.1) is 0 Å². The molecule has 0 unspecified atom stereocenters. The van der Waals surface area contributed by atoms with Gasteiger partial charge < -0.3 is 65.8 Å². The Kier molecular flexibility index (Phi) is 15.9. The van der Waals surface area contributed by atoms with Crippen LogP contribution in [-0.4, -0.2) is 112 Å². The lowest BCUT2D eigenvalue weighted by Crippen LogP contribution is -2.59. The van der Waals surface area contributed by atoms with Crippen LogP contribution in [0.15, 0.2) is 48.5 Å². The fourth-order valence-corrected chi connectivity index (χ4v) is 7.13. The van der Waals surface area contributed by atoms with Crippen molar-refractivity contribution in [3.8, 4) is 5.75 Å². The molecule has 66 heavy (non-hydrogen) atoms. The highest BCUT2D eigenvalue weighted by atomic mass is 16.6. The van der Waals surface area contributed by atoms with E-state index in [1.165, 1.54) is 0 Å². The maximum atomic E-state index is 13.1. The molecule has 362 valence electrons. The van der Waals surface area contributed by atoms with Crippen LogP contribution in [0.3, 0.4) is 0 Å². The van der Waals surface area contributed by atoms with Crippen molar-refractivity contribution in [2.45, 2.75) is 149 Å². The predicted molar refractivity (Wildman–Crippen MR) is 251 cm³/mol. The third-order valence-corrected chi connectivity index (χ3v) is 9.47. The molecule has 4 atom stereocenters. The molecule has 3 heterocycles. The van der Waals surface area contributed by atoms with Gasteiger partial charge in [-0.05, 0) is 114 Å². The molecular weight excluding hydrogens is 851 g/mol. The molecule has 20 heteroatoms. The van der Waals surface area contributed by atoms with Crippen molar-refractivity contribution in [1.29, 1.82) is 0 Å². The van der Waals surface area contributed by atoms with Crippen LogP contribution in [0.1, 0.15) is 101 Å².